The number of benzene rings is 2. The van der Waals surface area contributed by atoms with Gasteiger partial charge in [0.05, 0.1) is 13.2 Å². The van der Waals surface area contributed by atoms with Crippen LogP contribution in [0.2, 0.25) is 0 Å². The molecule has 19 heavy (non-hydrogen) atoms. The van der Waals surface area contributed by atoms with Crippen molar-refractivity contribution >= 4 is 15.9 Å². The number of hydrogen-bond donors (Lipinski definition) is 1. The fraction of sp³-hybridized carbons (Fsp3) is 0.200. The predicted molar refractivity (Wildman–Crippen MR) is 75.8 cm³/mol. The lowest BCUT2D eigenvalue weighted by Gasteiger charge is -2.15. The molecule has 4 heteroatoms. The first kappa shape index (κ1) is 14.0. The van der Waals surface area contributed by atoms with E-state index in [-0.39, 0.29) is 5.56 Å². The highest BCUT2D eigenvalue weighted by Crippen LogP contribution is 2.30. The SMILES string of the molecule is COc1ccccc1CC(O)c1c(F)cccc1Br. The Morgan fingerprint density at radius 3 is 2.63 bits per heavy atom. The molecule has 0 heterocycles. The summed E-state index contributed by atoms with van der Waals surface area (Å²) >= 11 is 3.27. The average Bonchev–Trinajstić information content (AvgIpc) is 2.39. The quantitative estimate of drug-likeness (QED) is 0.925. The Labute approximate surface area is 120 Å². The van der Waals surface area contributed by atoms with E-state index in [9.17, 15) is 9.50 Å². The zero-order valence-electron chi connectivity index (χ0n) is 10.4. The molecule has 2 nitrogen and oxygen atoms in total. The molecule has 0 saturated heterocycles. The highest BCUT2D eigenvalue weighted by molar-refractivity contribution is 9.10. The van der Waals surface area contributed by atoms with E-state index in [2.05, 4.69) is 15.9 Å². The second-order valence-electron chi connectivity index (χ2n) is 4.17. The van der Waals surface area contributed by atoms with Crippen molar-refractivity contribution in [1.29, 1.82) is 0 Å². The molecular formula is C15H14BrFO2. The molecule has 0 amide bonds. The van der Waals surface area contributed by atoms with Gasteiger partial charge in [-0.3, -0.25) is 0 Å². The molecule has 100 valence electrons. The first-order valence-corrected chi connectivity index (χ1v) is 6.66. The molecule has 1 N–H and O–H groups in total. The van der Waals surface area contributed by atoms with Crippen LogP contribution in [0, 0.1) is 5.82 Å². The standard InChI is InChI=1S/C15H14BrFO2/c1-19-14-8-3-2-5-10(14)9-13(18)15-11(16)6-4-7-12(15)17/h2-8,13,18H,9H2,1H3. The molecule has 2 rings (SSSR count). The van der Waals surface area contributed by atoms with Crippen LogP contribution in [0.3, 0.4) is 0 Å². The molecule has 0 saturated carbocycles. The van der Waals surface area contributed by atoms with Gasteiger partial charge in [-0.1, -0.05) is 40.2 Å². The van der Waals surface area contributed by atoms with E-state index in [0.29, 0.717) is 16.6 Å². The lowest BCUT2D eigenvalue weighted by atomic mass is 10.0. The van der Waals surface area contributed by atoms with E-state index in [1.807, 2.05) is 24.3 Å². The van der Waals surface area contributed by atoms with Gasteiger partial charge in [-0.15, -0.1) is 0 Å². The summed E-state index contributed by atoms with van der Waals surface area (Å²) in [7, 11) is 1.57. The minimum atomic E-state index is -0.924. The molecule has 2 aromatic carbocycles. The monoisotopic (exact) mass is 324 g/mol. The maximum Gasteiger partial charge on any atom is 0.130 e. The molecule has 0 bridgehead atoms. The van der Waals surface area contributed by atoms with E-state index >= 15 is 0 Å². The topological polar surface area (TPSA) is 29.5 Å². The van der Waals surface area contributed by atoms with Gasteiger partial charge in [-0.2, -0.15) is 0 Å². The highest BCUT2D eigenvalue weighted by Gasteiger charge is 2.18. The second-order valence-corrected chi connectivity index (χ2v) is 5.02. The van der Waals surface area contributed by atoms with E-state index in [1.54, 1.807) is 19.2 Å². The van der Waals surface area contributed by atoms with Gasteiger partial charge in [0.15, 0.2) is 0 Å². The molecule has 1 atom stereocenters. The minimum Gasteiger partial charge on any atom is -0.496 e. The molecule has 0 fully saturated rings. The smallest absolute Gasteiger partial charge is 0.130 e. The molecule has 0 spiro atoms. The number of hydrogen-bond acceptors (Lipinski definition) is 2. The van der Waals surface area contributed by atoms with Gasteiger partial charge >= 0.3 is 0 Å². The number of aliphatic hydroxyl groups excluding tert-OH is 1. The van der Waals surface area contributed by atoms with Gasteiger partial charge in [-0.05, 0) is 23.8 Å². The Hall–Kier alpha value is -1.39. The zero-order chi connectivity index (χ0) is 13.8. The van der Waals surface area contributed by atoms with E-state index in [1.165, 1.54) is 6.07 Å². The van der Waals surface area contributed by atoms with Crippen molar-refractivity contribution in [3.05, 3.63) is 63.9 Å². The summed E-state index contributed by atoms with van der Waals surface area (Å²) in [4.78, 5) is 0. The molecule has 0 aliphatic carbocycles. The second kappa shape index (κ2) is 6.17. The van der Waals surface area contributed by atoms with E-state index < -0.39 is 11.9 Å². The Balaban J connectivity index is 2.28. The molecule has 1 unspecified atom stereocenters. The van der Waals surface area contributed by atoms with Crippen LogP contribution in [0.4, 0.5) is 4.39 Å². The van der Waals surface area contributed by atoms with Crippen LogP contribution in [-0.4, -0.2) is 12.2 Å². The summed E-state index contributed by atoms with van der Waals surface area (Å²) in [5, 5.41) is 10.2. The van der Waals surface area contributed by atoms with Crippen LogP contribution >= 0.6 is 15.9 Å². The summed E-state index contributed by atoms with van der Waals surface area (Å²) < 4.78 is 19.6. The average molecular weight is 325 g/mol. The minimum absolute atomic E-state index is 0.272. The van der Waals surface area contributed by atoms with Crippen LogP contribution in [0.5, 0.6) is 5.75 Å². The van der Waals surface area contributed by atoms with Gasteiger partial charge in [0, 0.05) is 16.5 Å². The third-order valence-corrected chi connectivity index (χ3v) is 3.63. The lowest BCUT2D eigenvalue weighted by molar-refractivity contribution is 0.171. The Kier molecular flexibility index (Phi) is 4.56. The number of methoxy groups -OCH3 is 1. The van der Waals surface area contributed by atoms with Gasteiger partial charge in [0.2, 0.25) is 0 Å². The fourth-order valence-electron chi connectivity index (χ4n) is 2.01. The Morgan fingerprint density at radius 1 is 1.21 bits per heavy atom. The molecule has 0 aromatic heterocycles. The Morgan fingerprint density at radius 2 is 1.95 bits per heavy atom. The molecular weight excluding hydrogens is 311 g/mol. The first-order valence-electron chi connectivity index (χ1n) is 5.87. The van der Waals surface area contributed by atoms with Crippen LogP contribution in [0.25, 0.3) is 0 Å². The van der Waals surface area contributed by atoms with Gasteiger partial charge in [-0.25, -0.2) is 4.39 Å². The summed E-state index contributed by atoms with van der Waals surface area (Å²) in [5.74, 6) is 0.269. The van der Waals surface area contributed by atoms with Gasteiger partial charge in [0.25, 0.3) is 0 Å². The summed E-state index contributed by atoms with van der Waals surface area (Å²) in [6.45, 7) is 0. The number of rotatable bonds is 4. The predicted octanol–water partition coefficient (Wildman–Crippen LogP) is 3.87. The van der Waals surface area contributed by atoms with Crippen LogP contribution < -0.4 is 4.74 Å². The van der Waals surface area contributed by atoms with Crippen molar-refractivity contribution < 1.29 is 14.2 Å². The number of aliphatic hydroxyl groups is 1. The number of ether oxygens (including phenoxy) is 1. The molecule has 0 aliphatic heterocycles. The molecule has 2 aromatic rings. The fourth-order valence-corrected chi connectivity index (χ4v) is 2.62. The summed E-state index contributed by atoms with van der Waals surface area (Å²) in [5.41, 5.74) is 1.11. The third-order valence-electron chi connectivity index (χ3n) is 2.94. The summed E-state index contributed by atoms with van der Waals surface area (Å²) in [6.07, 6.45) is -0.629. The third kappa shape index (κ3) is 3.14. The number of para-hydroxylation sites is 1. The van der Waals surface area contributed by atoms with E-state index in [0.717, 1.165) is 5.56 Å². The van der Waals surface area contributed by atoms with Crippen molar-refractivity contribution in [2.75, 3.05) is 7.11 Å². The van der Waals surface area contributed by atoms with Crippen molar-refractivity contribution in [3.63, 3.8) is 0 Å². The maximum absolute atomic E-state index is 13.8. The largest absolute Gasteiger partial charge is 0.496 e. The first-order chi connectivity index (χ1) is 9.13. The van der Waals surface area contributed by atoms with Crippen LogP contribution in [0.1, 0.15) is 17.2 Å². The number of halogens is 2. The highest BCUT2D eigenvalue weighted by atomic mass is 79.9. The normalized spacial score (nSPS) is 12.2. The van der Waals surface area contributed by atoms with Gasteiger partial charge in [0.1, 0.15) is 11.6 Å². The maximum atomic E-state index is 13.8. The zero-order valence-corrected chi connectivity index (χ0v) is 12.0. The lowest BCUT2D eigenvalue weighted by Crippen LogP contribution is -2.06. The van der Waals surface area contributed by atoms with Crippen molar-refractivity contribution in [2.45, 2.75) is 12.5 Å². The molecule has 0 radical (unpaired) electrons. The van der Waals surface area contributed by atoms with Crippen LogP contribution in [0.15, 0.2) is 46.9 Å². The van der Waals surface area contributed by atoms with Gasteiger partial charge < -0.3 is 9.84 Å². The van der Waals surface area contributed by atoms with E-state index in [4.69, 9.17) is 4.74 Å². The van der Waals surface area contributed by atoms with Crippen molar-refractivity contribution in [2.24, 2.45) is 0 Å². The van der Waals surface area contributed by atoms with Crippen LogP contribution in [-0.2, 0) is 6.42 Å². The van der Waals surface area contributed by atoms with Crippen molar-refractivity contribution in [3.8, 4) is 5.75 Å². The van der Waals surface area contributed by atoms with Crippen molar-refractivity contribution in [1.82, 2.24) is 0 Å². The summed E-state index contributed by atoms with van der Waals surface area (Å²) in [6, 6.07) is 12.0. The molecule has 0 aliphatic rings. The Bertz CT molecular complexity index is 552.